The maximum absolute atomic E-state index is 13.7. The number of fused-ring (bicyclic) bond motifs is 1. The lowest BCUT2D eigenvalue weighted by atomic mass is 10.1. The smallest absolute Gasteiger partial charge is 0.391 e. The molecule has 11 heteroatoms. The van der Waals surface area contributed by atoms with Gasteiger partial charge in [-0.3, -0.25) is 0 Å². The van der Waals surface area contributed by atoms with E-state index in [-0.39, 0.29) is 27.7 Å². The highest BCUT2D eigenvalue weighted by molar-refractivity contribution is 9.10. The number of halogens is 5. The van der Waals surface area contributed by atoms with E-state index in [1.807, 2.05) is 0 Å². The molecule has 2 aromatic rings. The summed E-state index contributed by atoms with van der Waals surface area (Å²) < 4.78 is 57.4. The summed E-state index contributed by atoms with van der Waals surface area (Å²) in [6, 6.07) is 0. The van der Waals surface area contributed by atoms with Crippen LogP contribution < -0.4 is 5.73 Å². The van der Waals surface area contributed by atoms with Crippen molar-refractivity contribution in [3.05, 3.63) is 22.2 Å². The molecule has 0 saturated carbocycles. The predicted octanol–water partition coefficient (Wildman–Crippen LogP) is 3.04. The molecular weight excluding hydrogens is 412 g/mol. The van der Waals surface area contributed by atoms with Gasteiger partial charge in [-0.2, -0.15) is 13.2 Å². The average Bonchev–Trinajstić information content (AvgIpc) is 2.78. The van der Waals surface area contributed by atoms with Crippen molar-refractivity contribution in [1.82, 2.24) is 14.6 Å². The van der Waals surface area contributed by atoms with Gasteiger partial charge in [-0.05, 0) is 35.7 Å². The van der Waals surface area contributed by atoms with E-state index in [1.165, 1.54) is 0 Å². The van der Waals surface area contributed by atoms with Crippen molar-refractivity contribution in [3.63, 3.8) is 0 Å². The summed E-state index contributed by atoms with van der Waals surface area (Å²) in [6.45, 7) is 2.29. The second kappa shape index (κ2) is 7.83. The molecule has 0 aliphatic carbocycles. The van der Waals surface area contributed by atoms with Crippen LogP contribution in [0.15, 0.2) is 10.7 Å². The van der Waals surface area contributed by atoms with Gasteiger partial charge >= 0.3 is 6.18 Å². The molecule has 0 spiro atoms. The molecule has 1 saturated heterocycles. The topological polar surface area (TPSA) is 85.7 Å². The fourth-order valence-corrected chi connectivity index (χ4v) is 2.98. The van der Waals surface area contributed by atoms with Crippen LogP contribution in [0.3, 0.4) is 0 Å². The number of alkyl halides is 3. The zero-order valence-electron chi connectivity index (χ0n) is 13.2. The molecule has 2 aromatic heterocycles. The number of hydrogen-bond donors (Lipinski definition) is 2. The molecule has 1 fully saturated rings. The minimum atomic E-state index is -4.51. The van der Waals surface area contributed by atoms with E-state index in [0.717, 1.165) is 37.1 Å². The first-order valence-corrected chi connectivity index (χ1v) is 8.22. The van der Waals surface area contributed by atoms with Crippen LogP contribution in [0, 0.1) is 5.82 Å². The Hall–Kier alpha value is -1.46. The van der Waals surface area contributed by atoms with E-state index in [1.54, 1.807) is 0 Å². The number of aliphatic hydroxyl groups is 1. The minimum Gasteiger partial charge on any atom is -0.391 e. The lowest BCUT2D eigenvalue weighted by molar-refractivity contribution is -0.147. The van der Waals surface area contributed by atoms with E-state index in [2.05, 4.69) is 26.0 Å². The Morgan fingerprint density at radius 3 is 2.64 bits per heavy atom. The maximum Gasteiger partial charge on any atom is 0.397 e. The van der Waals surface area contributed by atoms with Crippen LogP contribution in [-0.4, -0.2) is 45.2 Å². The molecule has 3 rings (SSSR count). The minimum absolute atomic E-state index is 0.165. The summed E-state index contributed by atoms with van der Waals surface area (Å²) in [5, 5.41) is 12.4. The molecule has 2 unspecified atom stereocenters. The van der Waals surface area contributed by atoms with Gasteiger partial charge in [-0.15, -0.1) is 5.10 Å². The Morgan fingerprint density at radius 2 is 2.16 bits per heavy atom. The molecule has 0 radical (unpaired) electrons. The number of anilines is 1. The van der Waals surface area contributed by atoms with E-state index in [9.17, 15) is 17.6 Å². The van der Waals surface area contributed by atoms with Gasteiger partial charge in [-0.1, -0.05) is 0 Å². The Kier molecular flexibility index (Phi) is 6.22. The third-order valence-corrected chi connectivity index (χ3v) is 4.41. The van der Waals surface area contributed by atoms with Gasteiger partial charge in [0.15, 0.2) is 5.82 Å². The summed E-state index contributed by atoms with van der Waals surface area (Å²) in [6.07, 6.45) is -1.73. The van der Waals surface area contributed by atoms with E-state index in [4.69, 9.17) is 15.6 Å². The van der Waals surface area contributed by atoms with Crippen molar-refractivity contribution in [2.24, 2.45) is 0 Å². The largest absolute Gasteiger partial charge is 0.397 e. The predicted molar refractivity (Wildman–Crippen MR) is 85.6 cm³/mol. The van der Waals surface area contributed by atoms with Crippen LogP contribution in [0.2, 0.25) is 0 Å². The molecule has 2 atom stereocenters. The number of aromatic nitrogens is 3. The normalized spacial score (nSPS) is 19.4. The van der Waals surface area contributed by atoms with Crippen LogP contribution in [0.25, 0.3) is 5.52 Å². The SMILES string of the molecule is CC(c1c(Br)c(F)c2cnc(N)nn12)C(F)(F)F.OC1CCCOC1. The average molecular weight is 429 g/mol. The monoisotopic (exact) mass is 428 g/mol. The highest BCUT2D eigenvalue weighted by atomic mass is 79.9. The van der Waals surface area contributed by atoms with Gasteiger partial charge in [0.1, 0.15) is 5.52 Å². The summed E-state index contributed by atoms with van der Waals surface area (Å²) in [5.74, 6) is -2.97. The van der Waals surface area contributed by atoms with Crippen LogP contribution >= 0.6 is 15.9 Å². The lowest BCUT2D eigenvalue weighted by Gasteiger charge is -2.15. The first-order valence-electron chi connectivity index (χ1n) is 7.43. The fourth-order valence-electron chi connectivity index (χ4n) is 2.27. The van der Waals surface area contributed by atoms with Crippen molar-refractivity contribution < 1.29 is 27.4 Å². The molecule has 6 nitrogen and oxygen atoms in total. The second-order valence-electron chi connectivity index (χ2n) is 5.56. The number of nitrogen functional groups attached to an aromatic ring is 1. The van der Waals surface area contributed by atoms with Crippen molar-refractivity contribution in [1.29, 1.82) is 0 Å². The zero-order chi connectivity index (χ0) is 18.8. The molecule has 0 amide bonds. The van der Waals surface area contributed by atoms with Crippen LogP contribution in [0.1, 0.15) is 31.4 Å². The van der Waals surface area contributed by atoms with E-state index in [0.29, 0.717) is 6.61 Å². The highest BCUT2D eigenvalue weighted by Crippen LogP contribution is 2.40. The maximum atomic E-state index is 13.7. The lowest BCUT2D eigenvalue weighted by Crippen LogP contribution is -2.21. The summed E-state index contributed by atoms with van der Waals surface area (Å²) in [5.41, 5.74) is 4.79. The summed E-state index contributed by atoms with van der Waals surface area (Å²) in [4.78, 5) is 3.55. The van der Waals surface area contributed by atoms with Gasteiger partial charge in [0.05, 0.1) is 35.0 Å². The molecule has 25 heavy (non-hydrogen) atoms. The van der Waals surface area contributed by atoms with Gasteiger partial charge in [0.25, 0.3) is 0 Å². The highest BCUT2D eigenvalue weighted by Gasteiger charge is 2.41. The van der Waals surface area contributed by atoms with Crippen molar-refractivity contribution in [2.45, 2.75) is 38.0 Å². The molecule has 1 aliphatic rings. The number of ether oxygens (including phenoxy) is 1. The fraction of sp³-hybridized carbons (Fsp3) is 0.571. The first-order chi connectivity index (χ1) is 11.6. The molecular formula is C14H17BrF4N4O2. The second-order valence-corrected chi connectivity index (χ2v) is 6.35. The summed E-state index contributed by atoms with van der Waals surface area (Å²) >= 11 is 2.81. The van der Waals surface area contributed by atoms with Crippen molar-refractivity contribution in [3.8, 4) is 0 Å². The Morgan fingerprint density at radius 1 is 1.48 bits per heavy atom. The van der Waals surface area contributed by atoms with Gasteiger partial charge < -0.3 is 15.6 Å². The zero-order valence-corrected chi connectivity index (χ0v) is 14.8. The Bertz CT molecular complexity index is 732. The number of nitrogens with zero attached hydrogens (tertiary/aromatic N) is 3. The number of rotatable bonds is 1. The third kappa shape index (κ3) is 4.59. The van der Waals surface area contributed by atoms with Gasteiger partial charge in [-0.25, -0.2) is 13.9 Å². The van der Waals surface area contributed by atoms with Gasteiger partial charge in [0.2, 0.25) is 5.95 Å². The summed E-state index contributed by atoms with van der Waals surface area (Å²) in [7, 11) is 0. The van der Waals surface area contributed by atoms with Crippen LogP contribution in [0.4, 0.5) is 23.5 Å². The molecule has 1 aliphatic heterocycles. The van der Waals surface area contributed by atoms with Gasteiger partial charge in [0, 0.05) is 6.61 Å². The Labute approximate surface area is 149 Å². The number of nitrogens with two attached hydrogens (primary N) is 1. The van der Waals surface area contributed by atoms with Crippen molar-refractivity contribution >= 4 is 27.4 Å². The first kappa shape index (κ1) is 19.9. The van der Waals surface area contributed by atoms with Crippen molar-refractivity contribution in [2.75, 3.05) is 18.9 Å². The Balaban J connectivity index is 0.000000269. The molecule has 0 bridgehead atoms. The molecule has 0 aromatic carbocycles. The van der Waals surface area contributed by atoms with E-state index >= 15 is 0 Å². The number of aliphatic hydroxyl groups excluding tert-OH is 1. The van der Waals surface area contributed by atoms with E-state index < -0.39 is 17.9 Å². The molecule has 3 N–H and O–H groups in total. The number of hydrogen-bond acceptors (Lipinski definition) is 5. The standard InChI is InChI=1S/C9H7BrF4N4.C5H10O2/c1-3(9(12,13)14)7-5(10)6(11)4-2-16-8(15)17-18(4)7;6-5-2-1-3-7-4-5/h2-3H,1H3,(H2,15,17);5-6H,1-4H2. The van der Waals surface area contributed by atoms with Crippen LogP contribution in [-0.2, 0) is 4.74 Å². The quantitative estimate of drug-likeness (QED) is 0.681. The van der Waals surface area contributed by atoms with Crippen LogP contribution in [0.5, 0.6) is 0 Å². The third-order valence-electron chi connectivity index (χ3n) is 3.66. The molecule has 140 valence electrons. The molecule has 3 heterocycles.